The van der Waals surface area contributed by atoms with Crippen LogP contribution in [0.25, 0.3) is 0 Å². The number of hydrogen-bond donors (Lipinski definition) is 1. The van der Waals surface area contributed by atoms with Gasteiger partial charge >= 0.3 is 0 Å². The van der Waals surface area contributed by atoms with Gasteiger partial charge in [0.1, 0.15) is 0 Å². The third-order valence-electron chi connectivity index (χ3n) is 2.87. The molecule has 0 spiro atoms. The highest BCUT2D eigenvalue weighted by molar-refractivity contribution is 9.10. The summed E-state index contributed by atoms with van der Waals surface area (Å²) in [4.78, 5) is 22.0. The first-order chi connectivity index (χ1) is 11.0. The summed E-state index contributed by atoms with van der Waals surface area (Å²) in [6, 6.07) is 11.7. The maximum absolute atomic E-state index is 11.8. The summed E-state index contributed by atoms with van der Waals surface area (Å²) in [5.74, 6) is -0.249. The Kier molecular flexibility index (Phi) is 6.00. The van der Waals surface area contributed by atoms with Crippen molar-refractivity contribution in [2.75, 3.05) is 0 Å². The lowest BCUT2D eigenvalue weighted by Gasteiger charge is -2.01. The number of benzene rings is 2. The predicted octanol–water partition coefficient (Wildman–Crippen LogP) is 3.81. The highest BCUT2D eigenvalue weighted by Crippen LogP contribution is 2.21. The smallest absolute Gasteiger partial charge is 0.270 e. The van der Waals surface area contributed by atoms with Crippen LogP contribution in [0.1, 0.15) is 11.1 Å². The van der Waals surface area contributed by atoms with Gasteiger partial charge < -0.3 is 0 Å². The summed E-state index contributed by atoms with van der Waals surface area (Å²) in [6.07, 6.45) is 1.64. The summed E-state index contributed by atoms with van der Waals surface area (Å²) in [5.41, 5.74) is 3.90. The van der Waals surface area contributed by atoms with Gasteiger partial charge in [0.15, 0.2) is 0 Å². The van der Waals surface area contributed by atoms with Crippen molar-refractivity contribution in [3.8, 4) is 0 Å². The molecule has 0 bridgehead atoms. The fourth-order valence-corrected chi connectivity index (χ4v) is 2.47. The van der Waals surface area contributed by atoms with Gasteiger partial charge in [0.2, 0.25) is 5.91 Å². The van der Waals surface area contributed by atoms with Gasteiger partial charge in [0, 0.05) is 26.6 Å². The van der Waals surface area contributed by atoms with Gasteiger partial charge in [-0.05, 0) is 39.7 Å². The van der Waals surface area contributed by atoms with Crippen molar-refractivity contribution in [2.45, 2.75) is 6.42 Å². The summed E-state index contributed by atoms with van der Waals surface area (Å²) >= 11 is 6.56. The molecule has 0 radical (unpaired) electrons. The van der Waals surface area contributed by atoms with Crippen molar-refractivity contribution in [2.24, 2.45) is 5.10 Å². The van der Waals surface area contributed by atoms with E-state index in [0.29, 0.717) is 10.0 Å². The number of carbonyl (C=O) groups is 1. The summed E-state index contributed by atoms with van der Waals surface area (Å²) < 4.78 is 1.47. The van der Waals surface area contributed by atoms with E-state index in [1.54, 1.807) is 6.07 Å². The maximum atomic E-state index is 11.8. The molecule has 0 heterocycles. The first-order valence-electron chi connectivity index (χ1n) is 6.46. The van der Waals surface area contributed by atoms with Crippen LogP contribution in [0.4, 0.5) is 5.69 Å². The van der Waals surface area contributed by atoms with Crippen molar-refractivity contribution in [3.05, 3.63) is 72.7 Å². The average Bonchev–Trinajstić information content (AvgIpc) is 2.51. The quantitative estimate of drug-likeness (QED) is 0.435. The molecule has 0 unspecified atom stereocenters. The van der Waals surface area contributed by atoms with Crippen LogP contribution in [0, 0.1) is 10.1 Å². The molecule has 118 valence electrons. The van der Waals surface area contributed by atoms with Gasteiger partial charge in [0.25, 0.3) is 5.69 Å². The number of hydrogen-bond acceptors (Lipinski definition) is 4. The lowest BCUT2D eigenvalue weighted by molar-refractivity contribution is -0.384. The number of non-ortho nitro benzene ring substituents is 1. The molecule has 2 aromatic carbocycles. The lowest BCUT2D eigenvalue weighted by Crippen LogP contribution is -2.19. The number of hydrazone groups is 1. The Hall–Kier alpha value is -2.06. The second-order valence-corrected chi connectivity index (χ2v) is 6.33. The number of halogens is 2. The predicted molar refractivity (Wildman–Crippen MR) is 94.4 cm³/mol. The van der Waals surface area contributed by atoms with Crippen LogP contribution >= 0.6 is 31.9 Å². The second kappa shape index (κ2) is 7.98. The molecule has 1 N–H and O–H groups in total. The van der Waals surface area contributed by atoms with Crippen molar-refractivity contribution in [1.82, 2.24) is 5.43 Å². The van der Waals surface area contributed by atoms with E-state index >= 15 is 0 Å². The lowest BCUT2D eigenvalue weighted by atomic mass is 10.1. The van der Waals surface area contributed by atoms with Crippen LogP contribution in [-0.2, 0) is 11.2 Å². The highest BCUT2D eigenvalue weighted by Gasteiger charge is 2.08. The van der Waals surface area contributed by atoms with Crippen molar-refractivity contribution < 1.29 is 9.72 Å². The van der Waals surface area contributed by atoms with E-state index in [4.69, 9.17) is 0 Å². The normalized spacial score (nSPS) is 10.7. The zero-order chi connectivity index (χ0) is 16.8. The number of nitro benzene ring substituents is 1. The molecule has 0 aromatic heterocycles. The van der Waals surface area contributed by atoms with Crippen LogP contribution in [0.5, 0.6) is 0 Å². The maximum Gasteiger partial charge on any atom is 0.270 e. The number of nitrogens with one attached hydrogen (secondary N) is 1. The van der Waals surface area contributed by atoms with Crippen molar-refractivity contribution in [3.63, 3.8) is 0 Å². The van der Waals surface area contributed by atoms with Crippen molar-refractivity contribution >= 4 is 49.7 Å². The zero-order valence-electron chi connectivity index (χ0n) is 11.7. The third kappa shape index (κ3) is 5.26. The van der Waals surface area contributed by atoms with E-state index in [9.17, 15) is 14.9 Å². The fraction of sp³-hybridized carbons (Fsp3) is 0.0667. The molecule has 2 aromatic rings. The van der Waals surface area contributed by atoms with E-state index in [2.05, 4.69) is 42.4 Å². The summed E-state index contributed by atoms with van der Waals surface area (Å²) in [7, 11) is 0. The van der Waals surface area contributed by atoms with Gasteiger partial charge in [-0.2, -0.15) is 5.10 Å². The van der Waals surface area contributed by atoms with Crippen LogP contribution in [0.2, 0.25) is 0 Å². The first kappa shape index (κ1) is 17.3. The monoisotopic (exact) mass is 439 g/mol. The van der Waals surface area contributed by atoms with Gasteiger partial charge in [-0.1, -0.05) is 28.1 Å². The fourth-order valence-electron chi connectivity index (χ4n) is 1.74. The third-order valence-corrected chi connectivity index (χ3v) is 4.08. The van der Waals surface area contributed by atoms with E-state index in [-0.39, 0.29) is 18.0 Å². The average molecular weight is 441 g/mol. The Labute approximate surface area is 149 Å². The Morgan fingerprint density at radius 2 is 1.91 bits per heavy atom. The SMILES string of the molecule is O=C(Cc1ccc(Br)cc1)N/N=C\c1ccc([N+](=O)[O-])cc1Br. The highest BCUT2D eigenvalue weighted by atomic mass is 79.9. The van der Waals surface area contributed by atoms with Gasteiger partial charge in [0.05, 0.1) is 17.6 Å². The van der Waals surface area contributed by atoms with E-state index in [1.807, 2.05) is 24.3 Å². The Morgan fingerprint density at radius 1 is 1.22 bits per heavy atom. The molecule has 0 aliphatic rings. The molecule has 23 heavy (non-hydrogen) atoms. The summed E-state index contributed by atoms with van der Waals surface area (Å²) in [6.45, 7) is 0. The van der Waals surface area contributed by atoms with E-state index < -0.39 is 4.92 Å². The molecule has 6 nitrogen and oxygen atoms in total. The molecule has 2 rings (SSSR count). The molecular formula is C15H11Br2N3O3. The molecule has 8 heteroatoms. The molecule has 0 aliphatic heterocycles. The van der Waals surface area contributed by atoms with E-state index in [0.717, 1.165) is 10.0 Å². The second-order valence-electron chi connectivity index (χ2n) is 4.56. The topological polar surface area (TPSA) is 84.6 Å². The molecule has 1 amide bonds. The minimum absolute atomic E-state index is 0.0201. The number of nitro groups is 1. The van der Waals surface area contributed by atoms with Gasteiger partial charge in [-0.25, -0.2) is 5.43 Å². The minimum atomic E-state index is -0.480. The van der Waals surface area contributed by atoms with Crippen molar-refractivity contribution in [1.29, 1.82) is 0 Å². The number of carbonyl (C=O) groups excluding carboxylic acids is 1. The van der Waals surface area contributed by atoms with Crippen LogP contribution in [0.15, 0.2) is 56.5 Å². The zero-order valence-corrected chi connectivity index (χ0v) is 14.9. The number of amides is 1. The molecule has 0 saturated heterocycles. The first-order valence-corrected chi connectivity index (χ1v) is 8.04. The largest absolute Gasteiger partial charge is 0.273 e. The van der Waals surface area contributed by atoms with Crippen LogP contribution in [-0.4, -0.2) is 17.0 Å². The standard InChI is InChI=1S/C15H11Br2N3O3/c16-12-4-1-10(2-5-12)7-15(21)19-18-9-11-3-6-13(20(22)23)8-14(11)17/h1-6,8-9H,7H2,(H,19,21)/b18-9-. The van der Waals surface area contributed by atoms with Crippen LogP contribution < -0.4 is 5.43 Å². The van der Waals surface area contributed by atoms with E-state index in [1.165, 1.54) is 18.3 Å². The molecule has 0 saturated carbocycles. The minimum Gasteiger partial charge on any atom is -0.273 e. The molecule has 0 atom stereocenters. The molecule has 0 fully saturated rings. The van der Waals surface area contributed by atoms with Gasteiger partial charge in [-0.3, -0.25) is 14.9 Å². The Balaban J connectivity index is 1.94. The molecule has 0 aliphatic carbocycles. The molecular weight excluding hydrogens is 430 g/mol. The number of rotatable bonds is 5. The Morgan fingerprint density at radius 3 is 2.52 bits per heavy atom. The van der Waals surface area contributed by atoms with Crippen LogP contribution in [0.3, 0.4) is 0 Å². The van der Waals surface area contributed by atoms with Gasteiger partial charge in [-0.15, -0.1) is 0 Å². The number of nitrogens with zero attached hydrogens (tertiary/aromatic N) is 2. The Bertz CT molecular complexity index is 761. The summed E-state index contributed by atoms with van der Waals surface area (Å²) in [5, 5.41) is 14.5.